The van der Waals surface area contributed by atoms with E-state index in [1.807, 2.05) is 0 Å². The minimum Gasteiger partial charge on any atom is -0.386 e. The molecule has 11 nitrogen and oxygen atoms in total. The summed E-state index contributed by atoms with van der Waals surface area (Å²) in [6, 6.07) is 3.51. The molecule has 1 aliphatic rings. The van der Waals surface area contributed by atoms with E-state index in [4.69, 9.17) is 4.74 Å². The largest absolute Gasteiger partial charge is 0.386 e. The Kier molecular flexibility index (Phi) is 6.42. The smallest absolute Gasteiger partial charge is 0.207 e. The molecule has 0 saturated carbocycles. The zero-order valence-electron chi connectivity index (χ0n) is 19.2. The van der Waals surface area contributed by atoms with E-state index in [9.17, 15) is 48.8 Å². The third-order valence-corrected chi connectivity index (χ3v) is 6.57. The van der Waals surface area contributed by atoms with Gasteiger partial charge in [0, 0.05) is 17.1 Å². The number of rotatable bonds is 7. The van der Waals surface area contributed by atoms with Gasteiger partial charge in [-0.1, -0.05) is 6.07 Å². The Morgan fingerprint density at radius 2 is 1.63 bits per heavy atom. The Labute approximate surface area is 197 Å². The molecule has 0 amide bonds. The average Bonchev–Trinajstić information content (AvgIpc) is 3.16. The maximum absolute atomic E-state index is 14.6. The molecule has 188 valence electrons. The lowest BCUT2D eigenvalue weighted by Crippen LogP contribution is -2.85. The first-order valence-electron chi connectivity index (χ1n) is 10.4. The number of aliphatic hydroxyl groups excluding tert-OH is 1. The molecule has 1 unspecified atom stereocenters. The Hall–Kier alpha value is -3.16. The number of nitrogens with zero attached hydrogens (tertiary/aromatic N) is 1. The van der Waals surface area contributed by atoms with Crippen LogP contribution in [0.5, 0.6) is 0 Å². The summed E-state index contributed by atoms with van der Waals surface area (Å²) in [5.74, 6) is -6.51. The molecule has 0 spiro atoms. The van der Waals surface area contributed by atoms with Gasteiger partial charge in [-0.2, -0.15) is 0 Å². The summed E-state index contributed by atoms with van der Waals surface area (Å²) in [6.07, 6.45) is -5.40. The van der Waals surface area contributed by atoms with Crippen LogP contribution in [-0.4, -0.2) is 83.4 Å². The maximum Gasteiger partial charge on any atom is 0.207 e. The van der Waals surface area contributed by atoms with E-state index in [2.05, 4.69) is 0 Å². The summed E-state index contributed by atoms with van der Waals surface area (Å²) in [7, 11) is 0. The molecule has 4 N–H and O–H groups in total. The first-order chi connectivity index (χ1) is 16.1. The zero-order chi connectivity index (χ0) is 26.7. The number of halogens is 1. The van der Waals surface area contributed by atoms with Crippen LogP contribution in [0.2, 0.25) is 0 Å². The van der Waals surface area contributed by atoms with Crippen LogP contribution in [0.3, 0.4) is 0 Å². The standard InChI is InChI=1S/C23H24FNO10/c1-10(27)18(31)19-21(32,11(2)28)23(34,13(4)30)22(33,12(3)29)20(35-19)25-8-14(9-26)17-15(24)6-5-7-16(17)25/h5-10,19-20,27,32-34H,1-4H3/t10?,19-,20-,21-,22+,23+/m1/s1. The van der Waals surface area contributed by atoms with E-state index in [1.165, 1.54) is 12.1 Å². The number of aldehydes is 1. The fourth-order valence-corrected chi connectivity index (χ4v) is 4.73. The minimum absolute atomic E-state index is 0.154. The summed E-state index contributed by atoms with van der Waals surface area (Å²) in [4.78, 5) is 62.8. The topological polar surface area (TPSA) is 180 Å². The van der Waals surface area contributed by atoms with E-state index in [1.54, 1.807) is 0 Å². The molecular weight excluding hydrogens is 469 g/mol. The van der Waals surface area contributed by atoms with Crippen molar-refractivity contribution in [3.63, 3.8) is 0 Å². The fraction of sp³-hybridized carbons (Fsp3) is 0.435. The summed E-state index contributed by atoms with van der Waals surface area (Å²) in [6.45, 7) is 3.04. The van der Waals surface area contributed by atoms with Crippen LogP contribution >= 0.6 is 0 Å². The predicted octanol–water partition coefficient (Wildman–Crippen LogP) is -0.599. The Morgan fingerprint density at radius 1 is 1.06 bits per heavy atom. The van der Waals surface area contributed by atoms with Crippen molar-refractivity contribution < 1.29 is 53.5 Å². The number of hydrogen-bond donors (Lipinski definition) is 4. The van der Waals surface area contributed by atoms with E-state index in [0.717, 1.165) is 30.7 Å². The number of ketones is 4. The van der Waals surface area contributed by atoms with Gasteiger partial charge in [0.15, 0.2) is 47.4 Å². The first kappa shape index (κ1) is 26.4. The van der Waals surface area contributed by atoms with Gasteiger partial charge in [-0.15, -0.1) is 0 Å². The molecule has 0 aliphatic carbocycles. The number of carbonyl (C=O) groups excluding carboxylic acids is 5. The van der Waals surface area contributed by atoms with Crippen LogP contribution in [0.25, 0.3) is 10.9 Å². The predicted molar refractivity (Wildman–Crippen MR) is 115 cm³/mol. The van der Waals surface area contributed by atoms with Crippen LogP contribution in [0.1, 0.15) is 44.3 Å². The molecule has 12 heteroatoms. The van der Waals surface area contributed by atoms with Crippen LogP contribution < -0.4 is 0 Å². The molecule has 3 rings (SSSR count). The van der Waals surface area contributed by atoms with Crippen LogP contribution in [0, 0.1) is 5.82 Å². The van der Waals surface area contributed by atoms with Gasteiger partial charge in [-0.05, 0) is 39.8 Å². The number of aliphatic hydroxyl groups is 4. The molecule has 1 fully saturated rings. The van der Waals surface area contributed by atoms with Gasteiger partial charge >= 0.3 is 0 Å². The molecular formula is C23H24FNO10. The van der Waals surface area contributed by atoms with Crippen molar-refractivity contribution in [1.82, 2.24) is 4.57 Å². The molecule has 1 aromatic carbocycles. The molecule has 1 aromatic heterocycles. The third-order valence-electron chi connectivity index (χ3n) is 6.57. The van der Waals surface area contributed by atoms with Crippen molar-refractivity contribution in [2.45, 2.75) is 62.9 Å². The van der Waals surface area contributed by atoms with Gasteiger partial charge in [-0.3, -0.25) is 24.0 Å². The van der Waals surface area contributed by atoms with E-state index < -0.39 is 64.2 Å². The summed E-state index contributed by atoms with van der Waals surface area (Å²) >= 11 is 0. The highest BCUT2D eigenvalue weighted by atomic mass is 19.1. The first-order valence-corrected chi connectivity index (χ1v) is 10.4. The van der Waals surface area contributed by atoms with Gasteiger partial charge in [0.1, 0.15) is 11.9 Å². The van der Waals surface area contributed by atoms with Crippen molar-refractivity contribution in [3.05, 3.63) is 35.8 Å². The van der Waals surface area contributed by atoms with Crippen molar-refractivity contribution in [2.24, 2.45) is 0 Å². The van der Waals surface area contributed by atoms with Crippen molar-refractivity contribution >= 4 is 40.3 Å². The van der Waals surface area contributed by atoms with Crippen LogP contribution in [0.4, 0.5) is 4.39 Å². The second-order valence-corrected chi connectivity index (χ2v) is 8.60. The molecule has 2 aromatic rings. The number of ether oxygens (including phenoxy) is 1. The number of aromatic nitrogens is 1. The summed E-state index contributed by atoms with van der Waals surface area (Å²) in [5, 5.41) is 44.2. The molecule has 1 aliphatic heterocycles. The molecule has 0 radical (unpaired) electrons. The molecule has 1 saturated heterocycles. The van der Waals surface area contributed by atoms with Crippen molar-refractivity contribution in [2.75, 3.05) is 0 Å². The van der Waals surface area contributed by atoms with Crippen LogP contribution in [-0.2, 0) is 23.9 Å². The SMILES string of the molecule is CC(=O)[C@]1(O)[C@@](O)(C(C)=O)[C@@H](C(=O)C(C)O)O[C@@H](n2cc(C=O)c3c(F)cccc32)[C@@]1(O)C(C)=O. The molecule has 0 bridgehead atoms. The number of carbonyl (C=O) groups is 5. The lowest BCUT2D eigenvalue weighted by atomic mass is 9.59. The Morgan fingerprint density at radius 3 is 2.09 bits per heavy atom. The lowest BCUT2D eigenvalue weighted by molar-refractivity contribution is -0.327. The highest BCUT2D eigenvalue weighted by Gasteiger charge is 2.79. The number of fused-ring (bicyclic) bond motifs is 1. The molecule has 2 heterocycles. The van der Waals surface area contributed by atoms with Crippen molar-refractivity contribution in [3.8, 4) is 0 Å². The minimum atomic E-state index is -3.68. The van der Waals surface area contributed by atoms with Gasteiger partial charge in [0.05, 0.1) is 5.52 Å². The number of hydrogen-bond acceptors (Lipinski definition) is 10. The highest BCUT2D eigenvalue weighted by molar-refractivity contribution is 6.08. The molecule has 6 atom stereocenters. The van der Waals surface area contributed by atoms with Gasteiger partial charge in [-0.25, -0.2) is 4.39 Å². The normalized spacial score (nSPS) is 31.7. The molecule has 35 heavy (non-hydrogen) atoms. The van der Waals surface area contributed by atoms with E-state index in [0.29, 0.717) is 13.8 Å². The highest BCUT2D eigenvalue weighted by Crippen LogP contribution is 2.51. The average molecular weight is 493 g/mol. The number of benzene rings is 1. The maximum atomic E-state index is 14.6. The van der Waals surface area contributed by atoms with Gasteiger partial charge in [0.25, 0.3) is 0 Å². The van der Waals surface area contributed by atoms with Gasteiger partial charge < -0.3 is 29.7 Å². The number of Topliss-reactive ketones (excluding diaryl/α,β-unsaturated/α-hetero) is 4. The van der Waals surface area contributed by atoms with E-state index >= 15 is 0 Å². The Bertz CT molecular complexity index is 1270. The van der Waals surface area contributed by atoms with E-state index in [-0.39, 0.29) is 22.8 Å². The second-order valence-electron chi connectivity index (χ2n) is 8.60. The third kappa shape index (κ3) is 3.25. The monoisotopic (exact) mass is 493 g/mol. The summed E-state index contributed by atoms with van der Waals surface area (Å²) < 4.78 is 21.0. The van der Waals surface area contributed by atoms with Crippen molar-refractivity contribution in [1.29, 1.82) is 0 Å². The Balaban J connectivity index is 2.50. The summed E-state index contributed by atoms with van der Waals surface area (Å²) in [5.41, 5.74) is -11.1. The fourth-order valence-electron chi connectivity index (χ4n) is 4.73. The lowest BCUT2D eigenvalue weighted by Gasteiger charge is -2.57. The quantitative estimate of drug-likeness (QED) is 0.364. The second kappa shape index (κ2) is 8.50. The zero-order valence-corrected chi connectivity index (χ0v) is 19.2. The van der Waals surface area contributed by atoms with Gasteiger partial charge in [0.2, 0.25) is 11.2 Å². The van der Waals surface area contributed by atoms with Crippen LogP contribution in [0.15, 0.2) is 24.4 Å².